The number of imide groups is 1. The van der Waals surface area contributed by atoms with Crippen LogP contribution in [0.3, 0.4) is 0 Å². The number of hydrogen-bond donors (Lipinski definition) is 1. The smallest absolute Gasteiger partial charge is 0.325 e. The maximum atomic E-state index is 11.0. The van der Waals surface area contributed by atoms with Crippen LogP contribution in [0, 0.1) is 11.3 Å². The number of carbonyl (C=O) groups is 2. The summed E-state index contributed by atoms with van der Waals surface area (Å²) in [4.78, 5) is 23.1. The number of carbonyl (C=O) groups excluding carboxylic acids is 2. The maximum Gasteiger partial charge on any atom is 0.325 e. The lowest BCUT2D eigenvalue weighted by molar-refractivity contribution is -0.123. The minimum atomic E-state index is -0.534. The van der Waals surface area contributed by atoms with Gasteiger partial charge in [0, 0.05) is 7.11 Å². The molecule has 0 aromatic rings. The number of hydrogen-bond acceptors (Lipinski definition) is 4. The quantitative estimate of drug-likeness (QED) is 0.561. The summed E-state index contributed by atoms with van der Waals surface area (Å²) in [6.07, 6.45) is 0. The highest BCUT2D eigenvalue weighted by Crippen LogP contribution is 2.15. The molecule has 1 saturated heterocycles. The Kier molecular flexibility index (Phi) is 2.82. The third-order valence-electron chi connectivity index (χ3n) is 1.54. The van der Waals surface area contributed by atoms with Gasteiger partial charge in [-0.15, -0.1) is 0 Å². The molecular weight excluding hydrogens is 174 g/mol. The molecule has 0 aromatic carbocycles. The first-order chi connectivity index (χ1) is 6.19. The van der Waals surface area contributed by atoms with E-state index in [0.29, 0.717) is 6.54 Å². The van der Waals surface area contributed by atoms with Crippen LogP contribution in [0.2, 0.25) is 0 Å². The summed E-state index contributed by atoms with van der Waals surface area (Å²) in [5.41, 5.74) is 0. The van der Waals surface area contributed by atoms with Gasteiger partial charge in [0.15, 0.2) is 0 Å². The fraction of sp³-hybridized carbons (Fsp3) is 0.571. The van der Waals surface area contributed by atoms with Crippen LogP contribution in [-0.2, 0) is 9.53 Å². The van der Waals surface area contributed by atoms with E-state index < -0.39 is 11.9 Å². The van der Waals surface area contributed by atoms with E-state index in [4.69, 9.17) is 5.26 Å². The van der Waals surface area contributed by atoms with Crippen molar-refractivity contribution in [2.75, 3.05) is 20.3 Å². The molecule has 0 bridgehead atoms. The van der Waals surface area contributed by atoms with E-state index in [1.54, 1.807) is 0 Å². The van der Waals surface area contributed by atoms with Crippen LogP contribution in [0.1, 0.15) is 0 Å². The molecule has 70 valence electrons. The molecule has 1 rings (SSSR count). The molecule has 1 aliphatic heterocycles. The molecule has 1 N–H and O–H groups in total. The van der Waals surface area contributed by atoms with Gasteiger partial charge >= 0.3 is 6.03 Å². The molecule has 0 radical (unpaired) electrons. The second-order valence-corrected chi connectivity index (χ2v) is 2.58. The van der Waals surface area contributed by atoms with Gasteiger partial charge in [-0.1, -0.05) is 0 Å². The third-order valence-corrected chi connectivity index (χ3v) is 1.54. The SMILES string of the molecule is COCC(=O)NC(=O)N1CC1C#N. The predicted molar refractivity (Wildman–Crippen MR) is 41.5 cm³/mol. The van der Waals surface area contributed by atoms with Crippen molar-refractivity contribution in [3.63, 3.8) is 0 Å². The Hall–Kier alpha value is -1.61. The van der Waals surface area contributed by atoms with Crippen molar-refractivity contribution >= 4 is 11.9 Å². The van der Waals surface area contributed by atoms with Crippen molar-refractivity contribution in [1.29, 1.82) is 5.26 Å². The number of rotatable bonds is 2. The second kappa shape index (κ2) is 3.87. The minimum absolute atomic E-state index is 0.156. The van der Waals surface area contributed by atoms with E-state index in [9.17, 15) is 9.59 Å². The second-order valence-electron chi connectivity index (χ2n) is 2.58. The van der Waals surface area contributed by atoms with E-state index >= 15 is 0 Å². The molecule has 6 heteroatoms. The Morgan fingerprint density at radius 1 is 1.77 bits per heavy atom. The van der Waals surface area contributed by atoms with Gasteiger partial charge in [-0.25, -0.2) is 4.79 Å². The van der Waals surface area contributed by atoms with E-state index in [-0.39, 0.29) is 12.6 Å². The maximum absolute atomic E-state index is 11.0. The highest BCUT2D eigenvalue weighted by Gasteiger charge is 2.39. The van der Waals surface area contributed by atoms with Crippen LogP contribution < -0.4 is 5.32 Å². The first-order valence-corrected chi connectivity index (χ1v) is 3.68. The van der Waals surface area contributed by atoms with Gasteiger partial charge in [0.1, 0.15) is 12.6 Å². The molecule has 1 unspecified atom stereocenters. The zero-order valence-electron chi connectivity index (χ0n) is 7.11. The van der Waals surface area contributed by atoms with Crippen molar-refractivity contribution in [3.8, 4) is 6.07 Å². The summed E-state index contributed by atoms with van der Waals surface area (Å²) in [5, 5.41) is 10.5. The molecule has 1 fully saturated rings. The largest absolute Gasteiger partial charge is 0.375 e. The van der Waals surface area contributed by atoms with E-state index in [1.807, 2.05) is 6.07 Å². The van der Waals surface area contributed by atoms with Crippen molar-refractivity contribution < 1.29 is 14.3 Å². The summed E-state index contributed by atoms with van der Waals surface area (Å²) < 4.78 is 4.51. The summed E-state index contributed by atoms with van der Waals surface area (Å²) in [6, 6.07) is 0.985. The van der Waals surface area contributed by atoms with Crippen LogP contribution in [0.5, 0.6) is 0 Å². The van der Waals surface area contributed by atoms with Crippen molar-refractivity contribution in [1.82, 2.24) is 10.2 Å². The van der Waals surface area contributed by atoms with Crippen molar-refractivity contribution in [2.24, 2.45) is 0 Å². The van der Waals surface area contributed by atoms with Gasteiger partial charge in [-0.05, 0) is 0 Å². The Morgan fingerprint density at radius 3 is 2.92 bits per heavy atom. The van der Waals surface area contributed by atoms with Gasteiger partial charge in [-0.2, -0.15) is 5.26 Å². The number of nitrogens with one attached hydrogen (secondary N) is 1. The summed E-state index contributed by atoms with van der Waals surface area (Å²) in [5.74, 6) is -0.504. The normalized spacial score (nSPS) is 19.1. The highest BCUT2D eigenvalue weighted by molar-refractivity contribution is 5.96. The van der Waals surface area contributed by atoms with Crippen LogP contribution in [0.25, 0.3) is 0 Å². The summed E-state index contributed by atoms with van der Waals surface area (Å²) in [6.45, 7) is 0.236. The Morgan fingerprint density at radius 2 is 2.46 bits per heavy atom. The molecular formula is C7H9N3O3. The first kappa shape index (κ1) is 9.48. The number of urea groups is 1. The Bertz CT molecular complexity index is 271. The lowest BCUT2D eigenvalue weighted by Crippen LogP contribution is -2.36. The van der Waals surface area contributed by atoms with E-state index in [1.165, 1.54) is 12.0 Å². The average Bonchev–Trinajstić information content (AvgIpc) is 2.82. The van der Waals surface area contributed by atoms with Gasteiger partial charge in [-0.3, -0.25) is 10.1 Å². The van der Waals surface area contributed by atoms with Gasteiger partial charge in [0.05, 0.1) is 12.6 Å². The topological polar surface area (TPSA) is 82.2 Å². The molecule has 1 atom stereocenters. The summed E-state index contributed by atoms with van der Waals surface area (Å²) in [7, 11) is 1.36. The van der Waals surface area contributed by atoms with E-state index in [0.717, 1.165) is 0 Å². The van der Waals surface area contributed by atoms with Crippen LogP contribution in [0.4, 0.5) is 4.79 Å². The average molecular weight is 183 g/mol. The van der Waals surface area contributed by atoms with Crippen molar-refractivity contribution in [2.45, 2.75) is 6.04 Å². The Balaban J connectivity index is 2.27. The van der Waals surface area contributed by atoms with Crippen molar-refractivity contribution in [3.05, 3.63) is 0 Å². The molecule has 6 nitrogen and oxygen atoms in total. The van der Waals surface area contributed by atoms with Gasteiger partial charge in [0.25, 0.3) is 5.91 Å². The fourth-order valence-electron chi connectivity index (χ4n) is 0.832. The van der Waals surface area contributed by atoms with E-state index in [2.05, 4.69) is 10.1 Å². The molecule has 0 spiro atoms. The monoisotopic (exact) mass is 183 g/mol. The number of methoxy groups -OCH3 is 1. The standard InChI is InChI=1S/C7H9N3O3/c1-13-4-6(11)9-7(12)10-3-5(10)2-8/h5H,3-4H2,1H3,(H,9,11,12). The lowest BCUT2D eigenvalue weighted by atomic mass is 10.5. The number of amides is 3. The molecule has 3 amide bonds. The zero-order valence-corrected chi connectivity index (χ0v) is 7.11. The molecule has 0 aromatic heterocycles. The molecule has 1 heterocycles. The van der Waals surface area contributed by atoms with Crippen LogP contribution in [-0.4, -0.2) is 43.1 Å². The zero-order chi connectivity index (χ0) is 9.84. The minimum Gasteiger partial charge on any atom is -0.375 e. The summed E-state index contributed by atoms with van der Waals surface area (Å²) >= 11 is 0. The lowest BCUT2D eigenvalue weighted by Gasteiger charge is -2.02. The number of ether oxygens (including phenoxy) is 1. The first-order valence-electron chi connectivity index (χ1n) is 3.68. The van der Waals surface area contributed by atoms with Gasteiger partial charge < -0.3 is 9.64 Å². The third kappa shape index (κ3) is 2.42. The molecule has 0 aliphatic carbocycles. The Labute approximate surface area is 75.1 Å². The molecule has 1 aliphatic rings. The highest BCUT2D eigenvalue weighted by atomic mass is 16.5. The fourth-order valence-corrected chi connectivity index (χ4v) is 0.832. The molecule has 0 saturated carbocycles. The van der Waals surface area contributed by atoms with Crippen LogP contribution >= 0.6 is 0 Å². The predicted octanol–water partition coefficient (Wildman–Crippen LogP) is -0.923. The van der Waals surface area contributed by atoms with Gasteiger partial charge in [0.2, 0.25) is 0 Å². The number of nitriles is 1. The molecule has 13 heavy (non-hydrogen) atoms. The van der Waals surface area contributed by atoms with Crippen LogP contribution in [0.15, 0.2) is 0 Å². The number of nitrogens with zero attached hydrogens (tertiary/aromatic N) is 2.